The molecule has 6 nitrogen and oxygen atoms in total. The average Bonchev–Trinajstić information content (AvgIpc) is 3.20. The van der Waals surface area contributed by atoms with Gasteiger partial charge in [0, 0.05) is 16.2 Å². The van der Waals surface area contributed by atoms with Crippen molar-refractivity contribution >= 4 is 33.5 Å². The normalized spacial score (nSPS) is 11.0. The predicted molar refractivity (Wildman–Crippen MR) is 126 cm³/mol. The maximum Gasteiger partial charge on any atom is 0.330 e. The second-order valence-electron chi connectivity index (χ2n) is 6.73. The van der Waals surface area contributed by atoms with Gasteiger partial charge in [0.05, 0.1) is 38.1 Å². The topological polar surface area (TPSA) is 66.9 Å². The highest BCUT2D eigenvalue weighted by atomic mass is 32.1. The summed E-state index contributed by atoms with van der Waals surface area (Å²) in [6.07, 6.45) is 4.53. The van der Waals surface area contributed by atoms with Crippen LogP contribution in [-0.2, 0) is 9.53 Å². The van der Waals surface area contributed by atoms with Crippen LogP contribution in [0.4, 0.5) is 0 Å². The fourth-order valence-electron chi connectivity index (χ4n) is 3.10. The smallest absolute Gasteiger partial charge is 0.330 e. The molecule has 2 aromatic heterocycles. The standard InChI is InChI=1S/C25H21NO5S/c1-28-18-8-4-16(5-9-18)25-24(21-14-19(29-2)11-12-22(21)32-25)31-20-10-6-17(26-15-20)7-13-23(27)30-3/h4-15H,1-3H3/b13-7+. The molecule has 162 valence electrons. The van der Waals surface area contributed by atoms with Crippen molar-refractivity contribution in [1.29, 1.82) is 0 Å². The number of aromatic nitrogens is 1. The van der Waals surface area contributed by atoms with E-state index < -0.39 is 5.97 Å². The lowest BCUT2D eigenvalue weighted by Gasteiger charge is -2.09. The molecule has 0 amide bonds. The summed E-state index contributed by atoms with van der Waals surface area (Å²) in [5.74, 6) is 2.42. The molecule has 0 N–H and O–H groups in total. The van der Waals surface area contributed by atoms with Gasteiger partial charge in [0.15, 0.2) is 5.75 Å². The largest absolute Gasteiger partial charge is 0.497 e. The zero-order valence-electron chi connectivity index (χ0n) is 17.8. The summed E-state index contributed by atoms with van der Waals surface area (Å²) < 4.78 is 22.7. The molecule has 0 saturated carbocycles. The van der Waals surface area contributed by atoms with E-state index in [1.165, 1.54) is 13.2 Å². The lowest BCUT2D eigenvalue weighted by atomic mass is 10.1. The molecule has 0 radical (unpaired) electrons. The minimum absolute atomic E-state index is 0.435. The molecule has 0 fully saturated rings. The van der Waals surface area contributed by atoms with Gasteiger partial charge in [0.2, 0.25) is 0 Å². The van der Waals surface area contributed by atoms with Crippen molar-refractivity contribution in [3.05, 3.63) is 72.6 Å². The first-order valence-electron chi connectivity index (χ1n) is 9.76. The highest BCUT2D eigenvalue weighted by Gasteiger charge is 2.17. The van der Waals surface area contributed by atoms with E-state index in [1.54, 1.807) is 43.9 Å². The number of benzene rings is 2. The Balaban J connectivity index is 1.72. The first-order chi connectivity index (χ1) is 15.6. The lowest BCUT2D eigenvalue weighted by molar-refractivity contribution is -0.134. The van der Waals surface area contributed by atoms with Gasteiger partial charge in [-0.1, -0.05) is 0 Å². The summed E-state index contributed by atoms with van der Waals surface area (Å²) >= 11 is 1.64. The second-order valence-corrected chi connectivity index (χ2v) is 7.78. The third kappa shape index (κ3) is 4.58. The van der Waals surface area contributed by atoms with E-state index in [9.17, 15) is 4.79 Å². The maximum atomic E-state index is 11.3. The lowest BCUT2D eigenvalue weighted by Crippen LogP contribution is -1.94. The molecule has 0 aliphatic heterocycles. The Bertz CT molecular complexity index is 1260. The molecule has 0 unspecified atom stereocenters. The van der Waals surface area contributed by atoms with E-state index in [0.717, 1.165) is 37.8 Å². The summed E-state index contributed by atoms with van der Waals surface area (Å²) in [5.41, 5.74) is 1.64. The highest BCUT2D eigenvalue weighted by molar-refractivity contribution is 7.22. The van der Waals surface area contributed by atoms with Crippen LogP contribution in [0.5, 0.6) is 23.0 Å². The number of hydrogen-bond acceptors (Lipinski definition) is 7. The molecule has 32 heavy (non-hydrogen) atoms. The van der Waals surface area contributed by atoms with Gasteiger partial charge in [-0.25, -0.2) is 4.79 Å². The van der Waals surface area contributed by atoms with Crippen LogP contribution >= 0.6 is 11.3 Å². The van der Waals surface area contributed by atoms with Crippen molar-refractivity contribution in [3.63, 3.8) is 0 Å². The van der Waals surface area contributed by atoms with Crippen LogP contribution in [0, 0.1) is 0 Å². The summed E-state index contributed by atoms with van der Waals surface area (Å²) in [4.78, 5) is 16.6. The number of carbonyl (C=O) groups excluding carboxylic acids is 1. The summed E-state index contributed by atoms with van der Waals surface area (Å²) in [7, 11) is 4.62. The zero-order chi connectivity index (χ0) is 22.5. The molecule has 2 heterocycles. The van der Waals surface area contributed by atoms with Crippen molar-refractivity contribution < 1.29 is 23.7 Å². The molecule has 7 heteroatoms. The second kappa shape index (κ2) is 9.53. The zero-order valence-corrected chi connectivity index (χ0v) is 18.6. The van der Waals surface area contributed by atoms with Crippen molar-refractivity contribution in [2.24, 2.45) is 0 Å². The van der Waals surface area contributed by atoms with E-state index in [0.29, 0.717) is 11.4 Å². The number of ether oxygens (including phenoxy) is 4. The average molecular weight is 448 g/mol. The fraction of sp³-hybridized carbons (Fsp3) is 0.120. The van der Waals surface area contributed by atoms with E-state index >= 15 is 0 Å². The summed E-state index contributed by atoms with van der Waals surface area (Å²) in [6, 6.07) is 17.4. The Morgan fingerprint density at radius 3 is 2.28 bits per heavy atom. The van der Waals surface area contributed by atoms with Crippen molar-refractivity contribution in [2.45, 2.75) is 0 Å². The number of rotatable bonds is 7. The van der Waals surface area contributed by atoms with Gasteiger partial charge in [-0.2, -0.15) is 0 Å². The van der Waals surface area contributed by atoms with Crippen LogP contribution in [0.3, 0.4) is 0 Å². The molecule has 0 saturated heterocycles. The van der Waals surface area contributed by atoms with Crippen LogP contribution in [0.1, 0.15) is 5.69 Å². The Morgan fingerprint density at radius 1 is 0.906 bits per heavy atom. The number of nitrogens with zero attached hydrogens (tertiary/aromatic N) is 1. The van der Waals surface area contributed by atoms with Gasteiger partial charge >= 0.3 is 5.97 Å². The highest BCUT2D eigenvalue weighted by Crippen LogP contribution is 2.47. The maximum absolute atomic E-state index is 11.3. The van der Waals surface area contributed by atoms with Gasteiger partial charge in [-0.05, 0) is 66.2 Å². The van der Waals surface area contributed by atoms with Crippen molar-refractivity contribution in [1.82, 2.24) is 4.98 Å². The number of pyridine rings is 1. The van der Waals surface area contributed by atoms with Gasteiger partial charge in [-0.3, -0.25) is 4.98 Å². The number of methoxy groups -OCH3 is 3. The van der Waals surface area contributed by atoms with Gasteiger partial charge in [-0.15, -0.1) is 11.3 Å². The molecule has 4 aromatic rings. The van der Waals surface area contributed by atoms with Gasteiger partial charge < -0.3 is 18.9 Å². The minimum atomic E-state index is -0.435. The van der Waals surface area contributed by atoms with E-state index in [-0.39, 0.29) is 0 Å². The molecular formula is C25H21NO5S. The Hall–Kier alpha value is -3.84. The molecule has 0 aliphatic carbocycles. The number of esters is 1. The molecule has 2 aromatic carbocycles. The Morgan fingerprint density at radius 2 is 1.62 bits per heavy atom. The van der Waals surface area contributed by atoms with Crippen LogP contribution in [0.15, 0.2) is 66.9 Å². The van der Waals surface area contributed by atoms with E-state index in [4.69, 9.17) is 14.2 Å². The molecule has 0 bridgehead atoms. The summed E-state index contributed by atoms with van der Waals surface area (Å²) in [6.45, 7) is 0. The third-order valence-corrected chi connectivity index (χ3v) is 5.97. The number of fused-ring (bicyclic) bond motifs is 1. The van der Waals surface area contributed by atoms with Gasteiger partial charge in [0.1, 0.15) is 17.2 Å². The van der Waals surface area contributed by atoms with E-state index in [1.807, 2.05) is 48.5 Å². The van der Waals surface area contributed by atoms with Crippen molar-refractivity contribution in [2.75, 3.05) is 21.3 Å². The molecular weight excluding hydrogens is 426 g/mol. The Kier molecular flexibility index (Phi) is 6.37. The monoisotopic (exact) mass is 447 g/mol. The third-order valence-electron chi connectivity index (χ3n) is 4.77. The number of hydrogen-bond donors (Lipinski definition) is 0. The summed E-state index contributed by atoms with van der Waals surface area (Å²) in [5, 5.41) is 0.954. The molecule has 0 spiro atoms. The number of carbonyl (C=O) groups is 1. The number of thiophene rings is 1. The fourth-order valence-corrected chi connectivity index (χ4v) is 4.22. The SMILES string of the molecule is COC(=O)/C=C/c1ccc(Oc2c(-c3ccc(OC)cc3)sc3ccc(OC)cc23)cn1. The Labute approximate surface area is 189 Å². The van der Waals surface area contributed by atoms with Crippen LogP contribution in [-0.4, -0.2) is 32.3 Å². The van der Waals surface area contributed by atoms with Crippen LogP contribution < -0.4 is 14.2 Å². The predicted octanol–water partition coefficient (Wildman–Crippen LogP) is 5.96. The molecule has 4 rings (SSSR count). The van der Waals surface area contributed by atoms with Crippen LogP contribution in [0.2, 0.25) is 0 Å². The molecule has 0 atom stereocenters. The minimum Gasteiger partial charge on any atom is -0.497 e. The first-order valence-corrected chi connectivity index (χ1v) is 10.6. The first kappa shape index (κ1) is 21.4. The van der Waals surface area contributed by atoms with Crippen molar-refractivity contribution in [3.8, 4) is 33.4 Å². The van der Waals surface area contributed by atoms with E-state index in [2.05, 4.69) is 9.72 Å². The molecule has 0 aliphatic rings. The quantitative estimate of drug-likeness (QED) is 0.257. The van der Waals surface area contributed by atoms with Crippen LogP contribution in [0.25, 0.3) is 26.6 Å². The van der Waals surface area contributed by atoms with Gasteiger partial charge in [0.25, 0.3) is 0 Å².